The molecule has 1 saturated carbocycles. The van der Waals surface area contributed by atoms with Crippen LogP contribution in [0.1, 0.15) is 42.8 Å². The Morgan fingerprint density at radius 1 is 0.907 bits per heavy atom. The quantitative estimate of drug-likeness (QED) is 0.241. The maximum absolute atomic E-state index is 9.26. The number of ether oxygens (including phenoxy) is 1. The predicted octanol–water partition coefficient (Wildman–Crippen LogP) is 6.23. The Morgan fingerprint density at radius 3 is 2.49 bits per heavy atom. The molecule has 0 bridgehead atoms. The fourth-order valence-electron chi connectivity index (χ4n) is 7.05. The van der Waals surface area contributed by atoms with Gasteiger partial charge in [-0.3, -0.25) is 14.5 Å². The van der Waals surface area contributed by atoms with Crippen LogP contribution in [-0.4, -0.2) is 42.5 Å². The van der Waals surface area contributed by atoms with E-state index in [0.29, 0.717) is 12.6 Å². The minimum absolute atomic E-state index is 0.143. The van der Waals surface area contributed by atoms with Gasteiger partial charge in [0, 0.05) is 41.7 Å². The number of aromatic nitrogens is 5. The van der Waals surface area contributed by atoms with Crippen molar-refractivity contribution in [3.05, 3.63) is 102 Å². The first kappa shape index (κ1) is 25.8. The first-order valence-electron chi connectivity index (χ1n) is 15.0. The third-order valence-corrected chi connectivity index (χ3v) is 9.44. The van der Waals surface area contributed by atoms with E-state index in [9.17, 15) is 5.26 Å². The Morgan fingerprint density at radius 2 is 1.72 bits per heavy atom. The minimum Gasteiger partial charge on any atom is -0.472 e. The molecule has 5 heterocycles. The largest absolute Gasteiger partial charge is 0.472 e. The number of fused-ring (bicyclic) bond motifs is 3. The average molecular weight is 566 g/mol. The summed E-state index contributed by atoms with van der Waals surface area (Å²) in [5.41, 5.74) is 7.63. The van der Waals surface area contributed by atoms with Crippen molar-refractivity contribution in [1.82, 2.24) is 29.4 Å². The summed E-state index contributed by atoms with van der Waals surface area (Å²) in [6.07, 6.45) is 9.97. The second-order valence-corrected chi connectivity index (χ2v) is 11.9. The normalized spacial score (nSPS) is 17.4. The lowest BCUT2D eigenvalue weighted by molar-refractivity contribution is 0.154. The average Bonchev–Trinajstić information content (AvgIpc) is 3.79. The zero-order valence-corrected chi connectivity index (χ0v) is 23.9. The van der Waals surface area contributed by atoms with Crippen LogP contribution in [-0.2, 0) is 18.7 Å². The summed E-state index contributed by atoms with van der Waals surface area (Å²) in [4.78, 5) is 20.7. The molecule has 0 N–H and O–H groups in total. The van der Waals surface area contributed by atoms with E-state index in [1.807, 2.05) is 24.4 Å². The summed E-state index contributed by atoms with van der Waals surface area (Å²) < 4.78 is 8.25. The van der Waals surface area contributed by atoms with Crippen molar-refractivity contribution < 1.29 is 4.74 Å². The molecule has 3 aromatic heterocycles. The maximum Gasteiger partial charge on any atom is 0.232 e. The van der Waals surface area contributed by atoms with Crippen molar-refractivity contribution in [2.45, 2.75) is 44.4 Å². The molecule has 0 spiro atoms. The number of imidazole rings is 1. The standard InChI is InChI=1S/C35H31N7O/c36-20-31-38-17-11-30(39-31)35(14-15-35)27-12-18-41(19-13-27)22-24-6-8-25(9-7-24)32-33(26-4-2-1-3-5-26)42-23-43-29-10-16-37-21-28(29)34(42)40-32/h1-11,16-17,21,27H,12-15,18-19,22-23H2. The Labute approximate surface area is 250 Å². The lowest BCUT2D eigenvalue weighted by Gasteiger charge is -2.36. The minimum atomic E-state index is 0.143. The van der Waals surface area contributed by atoms with Gasteiger partial charge in [-0.2, -0.15) is 5.26 Å². The summed E-state index contributed by atoms with van der Waals surface area (Å²) in [7, 11) is 0. The third kappa shape index (κ3) is 4.57. The Hall–Kier alpha value is -4.87. The number of likely N-dealkylation sites (tertiary alicyclic amines) is 1. The molecular weight excluding hydrogens is 534 g/mol. The molecule has 43 heavy (non-hydrogen) atoms. The van der Waals surface area contributed by atoms with Crippen molar-refractivity contribution >= 4 is 0 Å². The lowest BCUT2D eigenvalue weighted by atomic mass is 9.79. The zero-order chi connectivity index (χ0) is 28.8. The number of benzene rings is 2. The lowest BCUT2D eigenvalue weighted by Crippen LogP contribution is -2.37. The molecule has 5 aromatic rings. The van der Waals surface area contributed by atoms with Crippen LogP contribution in [0.2, 0.25) is 0 Å². The summed E-state index contributed by atoms with van der Waals surface area (Å²) in [5.74, 6) is 2.59. The number of piperidine rings is 1. The van der Waals surface area contributed by atoms with Gasteiger partial charge in [0.25, 0.3) is 0 Å². The van der Waals surface area contributed by atoms with Crippen molar-refractivity contribution in [2.24, 2.45) is 5.92 Å². The number of hydrogen-bond acceptors (Lipinski definition) is 7. The van der Waals surface area contributed by atoms with Gasteiger partial charge in [-0.25, -0.2) is 15.0 Å². The second kappa shape index (κ2) is 10.4. The van der Waals surface area contributed by atoms with E-state index in [4.69, 9.17) is 9.72 Å². The molecule has 8 nitrogen and oxygen atoms in total. The van der Waals surface area contributed by atoms with Gasteiger partial charge in [-0.15, -0.1) is 0 Å². The number of nitriles is 1. The summed E-state index contributed by atoms with van der Waals surface area (Å²) in [6.45, 7) is 3.49. The summed E-state index contributed by atoms with van der Waals surface area (Å²) >= 11 is 0. The SMILES string of the molecule is N#Cc1nccc(C2(C3CCN(Cc4ccc(-c5nc6n(c5-c5ccccc5)COc5ccncc5-6)cc4)CC3)CC2)n1. The van der Waals surface area contributed by atoms with Crippen LogP contribution >= 0.6 is 0 Å². The van der Waals surface area contributed by atoms with E-state index in [-0.39, 0.29) is 11.2 Å². The number of rotatable bonds is 6. The van der Waals surface area contributed by atoms with Crippen molar-refractivity contribution in [3.63, 3.8) is 0 Å². The van der Waals surface area contributed by atoms with Crippen LogP contribution in [0.15, 0.2) is 85.3 Å². The molecule has 0 radical (unpaired) electrons. The summed E-state index contributed by atoms with van der Waals surface area (Å²) in [5, 5.41) is 9.26. The molecule has 212 valence electrons. The van der Waals surface area contributed by atoms with Gasteiger partial charge in [0.2, 0.25) is 5.82 Å². The van der Waals surface area contributed by atoms with Gasteiger partial charge >= 0.3 is 0 Å². The molecule has 0 amide bonds. The van der Waals surface area contributed by atoms with Gasteiger partial charge in [0.1, 0.15) is 17.6 Å². The first-order chi connectivity index (χ1) is 21.2. The molecule has 2 fully saturated rings. The molecule has 1 aliphatic carbocycles. The molecule has 0 unspecified atom stereocenters. The van der Waals surface area contributed by atoms with E-state index in [1.54, 1.807) is 12.4 Å². The van der Waals surface area contributed by atoms with Crippen LogP contribution in [0, 0.1) is 17.2 Å². The van der Waals surface area contributed by atoms with Crippen molar-refractivity contribution in [2.75, 3.05) is 13.1 Å². The van der Waals surface area contributed by atoms with Crippen LogP contribution in [0.25, 0.3) is 33.9 Å². The molecule has 8 heteroatoms. The number of hydrogen-bond donors (Lipinski definition) is 0. The van der Waals surface area contributed by atoms with Gasteiger partial charge in [0.05, 0.1) is 22.6 Å². The second-order valence-electron chi connectivity index (χ2n) is 11.9. The zero-order valence-electron chi connectivity index (χ0n) is 23.9. The molecular formula is C35H31N7O. The highest BCUT2D eigenvalue weighted by Gasteiger charge is 2.52. The van der Waals surface area contributed by atoms with Gasteiger partial charge in [-0.1, -0.05) is 54.6 Å². The maximum atomic E-state index is 9.26. The molecule has 1 saturated heterocycles. The van der Waals surface area contributed by atoms with Gasteiger partial charge in [0.15, 0.2) is 6.73 Å². The smallest absolute Gasteiger partial charge is 0.232 e. The molecule has 2 aliphatic heterocycles. The first-order valence-corrected chi connectivity index (χ1v) is 15.0. The Bertz CT molecular complexity index is 1830. The van der Waals surface area contributed by atoms with Gasteiger partial charge < -0.3 is 4.74 Å². The molecule has 2 aromatic carbocycles. The van der Waals surface area contributed by atoms with Crippen LogP contribution in [0.3, 0.4) is 0 Å². The van der Waals surface area contributed by atoms with Crippen molar-refractivity contribution in [1.29, 1.82) is 5.26 Å². The van der Waals surface area contributed by atoms with E-state index in [1.165, 1.54) is 5.56 Å². The Kier molecular flexibility index (Phi) is 6.27. The fourth-order valence-corrected chi connectivity index (χ4v) is 7.05. The van der Waals surface area contributed by atoms with Crippen molar-refractivity contribution in [3.8, 4) is 45.7 Å². The molecule has 8 rings (SSSR count). The predicted molar refractivity (Wildman–Crippen MR) is 163 cm³/mol. The highest BCUT2D eigenvalue weighted by atomic mass is 16.5. The van der Waals surface area contributed by atoms with Crippen LogP contribution in [0.4, 0.5) is 0 Å². The number of pyridine rings is 1. The highest BCUT2D eigenvalue weighted by Crippen LogP contribution is 2.56. The third-order valence-electron chi connectivity index (χ3n) is 9.44. The van der Waals surface area contributed by atoms with E-state index < -0.39 is 0 Å². The molecule has 3 aliphatic rings. The van der Waals surface area contributed by atoms with Gasteiger partial charge in [-0.05, 0) is 62.4 Å². The topological polar surface area (TPSA) is 92.8 Å². The Balaban J connectivity index is 1.01. The van der Waals surface area contributed by atoms with Crippen LogP contribution < -0.4 is 4.74 Å². The fraction of sp³-hybridized carbons (Fsp3) is 0.286. The summed E-state index contributed by atoms with van der Waals surface area (Å²) in [6, 6.07) is 25.3. The van der Waals surface area contributed by atoms with Crippen LogP contribution in [0.5, 0.6) is 5.75 Å². The number of nitrogens with zero attached hydrogens (tertiary/aromatic N) is 7. The van der Waals surface area contributed by atoms with E-state index in [2.05, 4.69) is 79.0 Å². The molecule has 0 atom stereocenters. The monoisotopic (exact) mass is 565 g/mol. The van der Waals surface area contributed by atoms with E-state index in [0.717, 1.165) is 90.7 Å². The van der Waals surface area contributed by atoms with E-state index >= 15 is 0 Å². The highest BCUT2D eigenvalue weighted by molar-refractivity contribution is 5.83.